The number of rotatable bonds is 2. The zero-order chi connectivity index (χ0) is 20.6. The third kappa shape index (κ3) is 4.04. The van der Waals surface area contributed by atoms with Gasteiger partial charge in [-0.3, -0.25) is 14.9 Å². The van der Waals surface area contributed by atoms with Crippen LogP contribution in [-0.2, 0) is 11.2 Å². The average Bonchev–Trinajstić information content (AvgIpc) is 3.05. The Morgan fingerprint density at radius 1 is 1.14 bits per heavy atom. The van der Waals surface area contributed by atoms with Gasteiger partial charge in [-0.2, -0.15) is 0 Å². The molecule has 1 aliphatic carbocycles. The van der Waals surface area contributed by atoms with Gasteiger partial charge in [-0.05, 0) is 29.5 Å². The number of thiophene rings is 1. The van der Waals surface area contributed by atoms with Crippen LogP contribution in [0.3, 0.4) is 0 Å². The van der Waals surface area contributed by atoms with Crippen LogP contribution in [0.2, 0.25) is 0 Å². The van der Waals surface area contributed by atoms with Gasteiger partial charge in [-0.1, -0.05) is 25.7 Å². The molecule has 0 atom stereocenters. The van der Waals surface area contributed by atoms with Crippen LogP contribution in [0.5, 0.6) is 0 Å². The van der Waals surface area contributed by atoms with E-state index in [4.69, 9.17) is 4.74 Å². The first-order valence-electron chi connectivity index (χ1n) is 9.62. The molecule has 0 amide bonds. The lowest BCUT2D eigenvalue weighted by Crippen LogP contribution is -2.36. The van der Waals surface area contributed by atoms with Gasteiger partial charge in [-0.25, -0.2) is 0 Å². The summed E-state index contributed by atoms with van der Waals surface area (Å²) in [5.41, 5.74) is 2.64. The Bertz CT molecular complexity index is 1020. The predicted octanol–water partition coefficient (Wildman–Crippen LogP) is 4.05. The van der Waals surface area contributed by atoms with E-state index in [0.29, 0.717) is 25.2 Å². The first kappa shape index (κ1) is 19.6. The van der Waals surface area contributed by atoms with E-state index in [-0.39, 0.29) is 16.9 Å². The number of nitro benzene ring substituents is 1. The highest BCUT2D eigenvalue weighted by atomic mass is 32.1. The van der Waals surface area contributed by atoms with Gasteiger partial charge in [0.2, 0.25) is 0 Å². The van der Waals surface area contributed by atoms with Gasteiger partial charge in [0.05, 0.1) is 28.6 Å². The molecule has 2 heterocycles. The quantitative estimate of drug-likeness (QED) is 0.424. The molecular weight excluding hydrogens is 388 g/mol. The number of carbonyl (C=O) groups is 1. The lowest BCUT2D eigenvalue weighted by Gasteiger charge is -2.29. The number of hydrogen-bond acceptors (Lipinski definition) is 6. The number of non-ortho nitro benzene ring substituents is 1. The van der Waals surface area contributed by atoms with Crippen LogP contribution in [0.4, 0.5) is 10.7 Å². The summed E-state index contributed by atoms with van der Waals surface area (Å²) in [4.78, 5) is 26.3. The van der Waals surface area contributed by atoms with Crippen molar-refractivity contribution in [3.8, 4) is 11.8 Å². The molecule has 1 fully saturated rings. The van der Waals surface area contributed by atoms with E-state index in [2.05, 4.69) is 30.6 Å². The number of benzene rings is 1. The van der Waals surface area contributed by atoms with Crippen molar-refractivity contribution in [3.63, 3.8) is 0 Å². The van der Waals surface area contributed by atoms with Gasteiger partial charge in [0.25, 0.3) is 5.69 Å². The van der Waals surface area contributed by atoms with E-state index in [9.17, 15) is 14.9 Å². The summed E-state index contributed by atoms with van der Waals surface area (Å²) >= 11 is 1.55. The van der Waals surface area contributed by atoms with E-state index in [1.807, 2.05) is 0 Å². The summed E-state index contributed by atoms with van der Waals surface area (Å²) in [5, 5.41) is 11.9. The average molecular weight is 410 g/mol. The fraction of sp³-hybridized carbons (Fsp3) is 0.409. The van der Waals surface area contributed by atoms with E-state index in [1.54, 1.807) is 23.5 Å². The molecule has 1 aromatic heterocycles. The maximum Gasteiger partial charge on any atom is 0.269 e. The first-order chi connectivity index (χ1) is 13.8. The number of carbonyl (C=O) groups excluding carboxylic acids is 1. The fourth-order valence-corrected chi connectivity index (χ4v) is 5.09. The maximum absolute atomic E-state index is 12.8. The van der Waals surface area contributed by atoms with Gasteiger partial charge >= 0.3 is 0 Å². The second-order valence-electron chi connectivity index (χ2n) is 8.18. The molecule has 0 spiro atoms. The fourth-order valence-electron chi connectivity index (χ4n) is 3.82. The summed E-state index contributed by atoms with van der Waals surface area (Å²) < 4.78 is 5.48. The summed E-state index contributed by atoms with van der Waals surface area (Å²) in [5.74, 6) is 6.64. The van der Waals surface area contributed by atoms with Crippen LogP contribution < -0.4 is 4.90 Å². The highest BCUT2D eigenvalue weighted by Crippen LogP contribution is 2.44. The molecule has 0 saturated carbocycles. The molecule has 150 valence electrons. The number of anilines is 1. The maximum atomic E-state index is 12.8. The molecule has 0 bridgehead atoms. The van der Waals surface area contributed by atoms with Crippen LogP contribution in [0.15, 0.2) is 24.3 Å². The van der Waals surface area contributed by atoms with Crippen LogP contribution in [0.25, 0.3) is 0 Å². The number of fused-ring (bicyclic) bond motifs is 1. The third-order valence-corrected chi connectivity index (χ3v) is 6.58. The number of ketones is 1. The summed E-state index contributed by atoms with van der Waals surface area (Å²) in [6, 6.07) is 6.24. The minimum absolute atomic E-state index is 0.0461. The Morgan fingerprint density at radius 2 is 1.83 bits per heavy atom. The Hall–Kier alpha value is -2.69. The van der Waals surface area contributed by atoms with E-state index < -0.39 is 4.92 Å². The summed E-state index contributed by atoms with van der Waals surface area (Å²) in [7, 11) is 0. The monoisotopic (exact) mass is 410 g/mol. The topological polar surface area (TPSA) is 72.7 Å². The molecule has 2 aliphatic rings. The van der Waals surface area contributed by atoms with Crippen molar-refractivity contribution in [2.24, 2.45) is 5.41 Å². The van der Waals surface area contributed by atoms with Crippen molar-refractivity contribution in [3.05, 3.63) is 55.9 Å². The van der Waals surface area contributed by atoms with Crippen molar-refractivity contribution in [2.45, 2.75) is 26.7 Å². The predicted molar refractivity (Wildman–Crippen MR) is 113 cm³/mol. The zero-order valence-electron chi connectivity index (χ0n) is 16.5. The lowest BCUT2D eigenvalue weighted by atomic mass is 9.75. The Kier molecular flexibility index (Phi) is 5.15. The minimum Gasteiger partial charge on any atom is -0.378 e. The van der Waals surface area contributed by atoms with E-state index in [1.165, 1.54) is 12.1 Å². The molecule has 2 aromatic rings. The van der Waals surface area contributed by atoms with Crippen LogP contribution in [0, 0.1) is 27.4 Å². The van der Waals surface area contributed by atoms with Gasteiger partial charge in [0.1, 0.15) is 5.00 Å². The normalized spacial score (nSPS) is 18.0. The molecule has 0 radical (unpaired) electrons. The number of Topliss-reactive ketones (excluding diaryl/α,β-unsaturated/α-hetero) is 1. The summed E-state index contributed by atoms with van der Waals surface area (Å²) in [6.07, 6.45) is 1.37. The first-order valence-corrected chi connectivity index (χ1v) is 10.4. The van der Waals surface area contributed by atoms with Crippen molar-refractivity contribution >= 4 is 27.8 Å². The Balaban J connectivity index is 1.77. The van der Waals surface area contributed by atoms with Gasteiger partial charge in [0.15, 0.2) is 5.78 Å². The molecule has 6 nitrogen and oxygen atoms in total. The molecule has 1 saturated heterocycles. The van der Waals surface area contributed by atoms with Crippen molar-refractivity contribution in [1.82, 2.24) is 0 Å². The number of hydrogen-bond donors (Lipinski definition) is 0. The number of morpholine rings is 1. The number of ether oxygens (including phenoxy) is 1. The lowest BCUT2D eigenvalue weighted by molar-refractivity contribution is -0.384. The van der Waals surface area contributed by atoms with Crippen molar-refractivity contribution in [1.29, 1.82) is 0 Å². The van der Waals surface area contributed by atoms with Gasteiger partial charge < -0.3 is 9.64 Å². The molecular formula is C22H22N2O4S. The standard InChI is InChI=1S/C22H22N2O4S/c1-22(2)13-18-17(8-5-15-3-6-16(7-4-15)24(26)27)21(23-9-11-28-12-10-23)29-20(18)19(25)14-22/h3-4,6-7H,9-14H2,1-2H3. The van der Waals surface area contributed by atoms with Crippen molar-refractivity contribution in [2.75, 3.05) is 31.2 Å². The zero-order valence-corrected chi connectivity index (χ0v) is 17.3. The van der Waals surface area contributed by atoms with Crippen molar-refractivity contribution < 1.29 is 14.5 Å². The van der Waals surface area contributed by atoms with Crippen LogP contribution in [0.1, 0.15) is 46.6 Å². The van der Waals surface area contributed by atoms with Gasteiger partial charge in [-0.15, -0.1) is 11.3 Å². The highest BCUT2D eigenvalue weighted by molar-refractivity contribution is 7.18. The summed E-state index contributed by atoms with van der Waals surface area (Å²) in [6.45, 7) is 7.13. The molecule has 4 rings (SSSR count). The Labute approximate surface area is 173 Å². The molecule has 7 heteroatoms. The SMILES string of the molecule is CC1(C)CC(=O)c2sc(N3CCOCC3)c(C#Cc3ccc([N+](=O)[O-])cc3)c2C1. The largest absolute Gasteiger partial charge is 0.378 e. The molecule has 0 unspecified atom stereocenters. The number of nitrogens with zero attached hydrogens (tertiary/aromatic N) is 2. The molecule has 1 aromatic carbocycles. The third-order valence-electron chi connectivity index (χ3n) is 5.24. The van der Waals surface area contributed by atoms with Crippen LogP contribution in [-0.4, -0.2) is 37.0 Å². The van der Waals surface area contributed by atoms with E-state index in [0.717, 1.165) is 40.5 Å². The highest BCUT2D eigenvalue weighted by Gasteiger charge is 2.36. The molecule has 29 heavy (non-hydrogen) atoms. The molecule has 1 aliphatic heterocycles. The smallest absolute Gasteiger partial charge is 0.269 e. The van der Waals surface area contributed by atoms with E-state index >= 15 is 0 Å². The Morgan fingerprint density at radius 3 is 2.48 bits per heavy atom. The molecule has 0 N–H and O–H groups in total. The number of nitro groups is 1. The minimum atomic E-state index is -0.420. The second-order valence-corrected chi connectivity index (χ2v) is 9.18. The van der Waals surface area contributed by atoms with Crippen LogP contribution >= 0.6 is 11.3 Å². The van der Waals surface area contributed by atoms with Gasteiger partial charge in [0, 0.05) is 37.2 Å². The second kappa shape index (κ2) is 7.62.